The van der Waals surface area contributed by atoms with Gasteiger partial charge in [0, 0.05) is 0 Å². The summed E-state index contributed by atoms with van der Waals surface area (Å²) in [5.74, 6) is -1.65. The van der Waals surface area contributed by atoms with Gasteiger partial charge in [-0.25, -0.2) is 9.37 Å². The van der Waals surface area contributed by atoms with Crippen molar-refractivity contribution in [1.82, 2.24) is 4.98 Å². The first-order valence-electron chi connectivity index (χ1n) is 7.96. The summed E-state index contributed by atoms with van der Waals surface area (Å²) in [5, 5.41) is 9.85. The second kappa shape index (κ2) is 6.79. The van der Waals surface area contributed by atoms with Crippen molar-refractivity contribution in [3.05, 3.63) is 52.2 Å². The zero-order valence-electron chi connectivity index (χ0n) is 13.7. The lowest BCUT2D eigenvalue weighted by Gasteiger charge is -2.33. The van der Waals surface area contributed by atoms with Crippen LogP contribution in [0.4, 0.5) is 10.1 Å². The second-order valence-electron chi connectivity index (χ2n) is 5.91. The van der Waals surface area contributed by atoms with Gasteiger partial charge in [0.25, 0.3) is 5.91 Å². The van der Waals surface area contributed by atoms with Crippen molar-refractivity contribution >= 4 is 50.7 Å². The Bertz CT molecular complexity index is 1030. The van der Waals surface area contributed by atoms with Crippen molar-refractivity contribution in [2.24, 2.45) is 0 Å². The van der Waals surface area contributed by atoms with Gasteiger partial charge < -0.3 is 9.84 Å². The number of amides is 1. The summed E-state index contributed by atoms with van der Waals surface area (Å²) in [6, 6.07) is 9.54. The molecule has 0 fully saturated rings. The molecule has 0 radical (unpaired) electrons. The van der Waals surface area contributed by atoms with Crippen molar-refractivity contribution < 1.29 is 23.8 Å². The SMILES string of the molecule is O=C(O)CC1Oc2ccccc2N(Cc2nc3c(Cl)ccc(F)c3s2)C1=O. The van der Waals surface area contributed by atoms with Crippen LogP contribution in [-0.2, 0) is 16.1 Å². The molecule has 0 bridgehead atoms. The molecule has 2 aromatic carbocycles. The zero-order valence-corrected chi connectivity index (χ0v) is 15.3. The number of ether oxygens (including phenoxy) is 1. The Kier molecular flexibility index (Phi) is 4.45. The summed E-state index contributed by atoms with van der Waals surface area (Å²) in [6.07, 6.45) is -1.59. The van der Waals surface area contributed by atoms with Crippen LogP contribution in [0, 0.1) is 5.82 Å². The molecule has 1 aromatic heterocycles. The number of carboxylic acid groups (broad SMARTS) is 1. The molecule has 6 nitrogen and oxygen atoms in total. The van der Waals surface area contributed by atoms with E-state index >= 15 is 0 Å². The minimum absolute atomic E-state index is 0.0600. The summed E-state index contributed by atoms with van der Waals surface area (Å²) < 4.78 is 19.9. The van der Waals surface area contributed by atoms with E-state index in [0.29, 0.717) is 31.7 Å². The number of hydrogen-bond donors (Lipinski definition) is 1. The van der Waals surface area contributed by atoms with Gasteiger partial charge in [-0.05, 0) is 24.3 Å². The minimum atomic E-state index is -1.14. The minimum Gasteiger partial charge on any atom is -0.481 e. The number of carbonyl (C=O) groups is 2. The number of rotatable bonds is 4. The lowest BCUT2D eigenvalue weighted by Crippen LogP contribution is -2.46. The smallest absolute Gasteiger partial charge is 0.307 e. The third-order valence-corrected chi connectivity index (χ3v) is 5.46. The van der Waals surface area contributed by atoms with Gasteiger partial charge in [0.1, 0.15) is 22.1 Å². The second-order valence-corrected chi connectivity index (χ2v) is 7.40. The number of hydrogen-bond acceptors (Lipinski definition) is 5. The van der Waals surface area contributed by atoms with Crippen molar-refractivity contribution in [2.45, 2.75) is 19.1 Å². The topological polar surface area (TPSA) is 79.7 Å². The van der Waals surface area contributed by atoms with Crippen molar-refractivity contribution in [3.8, 4) is 5.75 Å². The number of aromatic nitrogens is 1. The van der Waals surface area contributed by atoms with E-state index in [1.807, 2.05) is 0 Å². The number of carboxylic acids is 1. The molecule has 0 spiro atoms. The van der Waals surface area contributed by atoms with Crippen LogP contribution < -0.4 is 9.64 Å². The highest BCUT2D eigenvalue weighted by Gasteiger charge is 2.36. The number of halogens is 2. The lowest BCUT2D eigenvalue weighted by atomic mass is 10.1. The van der Waals surface area contributed by atoms with Crippen LogP contribution in [0.1, 0.15) is 11.4 Å². The first-order valence-corrected chi connectivity index (χ1v) is 9.16. The van der Waals surface area contributed by atoms with E-state index < -0.39 is 30.2 Å². The van der Waals surface area contributed by atoms with Crippen LogP contribution in [-0.4, -0.2) is 28.1 Å². The molecular weight excluding hydrogens is 395 g/mol. The molecule has 1 unspecified atom stereocenters. The average Bonchev–Trinajstić information content (AvgIpc) is 3.07. The Balaban J connectivity index is 1.73. The van der Waals surface area contributed by atoms with Crippen LogP contribution in [0.5, 0.6) is 5.75 Å². The number of para-hydroxylation sites is 2. The molecule has 27 heavy (non-hydrogen) atoms. The fourth-order valence-electron chi connectivity index (χ4n) is 2.92. The van der Waals surface area contributed by atoms with Gasteiger partial charge in [-0.2, -0.15) is 0 Å². The quantitative estimate of drug-likeness (QED) is 0.711. The van der Waals surface area contributed by atoms with Crippen molar-refractivity contribution in [1.29, 1.82) is 0 Å². The van der Waals surface area contributed by atoms with Crippen LogP contribution in [0.25, 0.3) is 10.2 Å². The molecule has 1 atom stereocenters. The highest BCUT2D eigenvalue weighted by atomic mass is 35.5. The molecule has 2 heterocycles. The molecular formula is C18H12ClFN2O4S. The van der Waals surface area contributed by atoms with Gasteiger partial charge in [0.05, 0.1) is 28.4 Å². The third kappa shape index (κ3) is 3.22. The zero-order chi connectivity index (χ0) is 19.1. The first-order chi connectivity index (χ1) is 12.9. The molecule has 0 aliphatic carbocycles. The molecule has 0 saturated heterocycles. The van der Waals surface area contributed by atoms with Gasteiger partial charge in [-0.3, -0.25) is 14.5 Å². The van der Waals surface area contributed by atoms with E-state index in [0.717, 1.165) is 11.3 Å². The van der Waals surface area contributed by atoms with E-state index in [9.17, 15) is 14.0 Å². The molecule has 9 heteroatoms. The predicted molar refractivity (Wildman–Crippen MR) is 98.9 cm³/mol. The summed E-state index contributed by atoms with van der Waals surface area (Å²) in [4.78, 5) is 29.6. The number of fused-ring (bicyclic) bond motifs is 2. The summed E-state index contributed by atoms with van der Waals surface area (Å²) in [7, 11) is 0. The molecule has 138 valence electrons. The Hall–Kier alpha value is -2.71. The number of aliphatic carboxylic acids is 1. The van der Waals surface area contributed by atoms with Crippen LogP contribution in [0.2, 0.25) is 5.02 Å². The maximum Gasteiger partial charge on any atom is 0.307 e. The number of benzene rings is 2. The predicted octanol–water partition coefficient (Wildman–Crippen LogP) is 3.86. The van der Waals surface area contributed by atoms with Crippen LogP contribution >= 0.6 is 22.9 Å². The van der Waals surface area contributed by atoms with Gasteiger partial charge in [0.15, 0.2) is 6.10 Å². The summed E-state index contributed by atoms with van der Waals surface area (Å²) >= 11 is 7.19. The molecule has 1 amide bonds. The Morgan fingerprint density at radius 1 is 1.33 bits per heavy atom. The van der Waals surface area contributed by atoms with Gasteiger partial charge in [-0.1, -0.05) is 23.7 Å². The summed E-state index contributed by atoms with van der Waals surface area (Å²) in [6.45, 7) is 0.0600. The van der Waals surface area contributed by atoms with E-state index in [2.05, 4.69) is 4.98 Å². The number of carbonyl (C=O) groups excluding carboxylic acids is 1. The normalized spacial score (nSPS) is 16.3. The standard InChI is InChI=1S/C18H12ClFN2O4S/c19-9-5-6-10(20)17-16(9)21-14(27-17)8-22-11-3-1-2-4-12(11)26-13(18(22)25)7-15(23)24/h1-6,13H,7-8H2,(H,23,24). The molecule has 4 rings (SSSR count). The lowest BCUT2D eigenvalue weighted by molar-refractivity contribution is -0.142. The van der Waals surface area contributed by atoms with E-state index in [-0.39, 0.29) is 6.54 Å². The largest absolute Gasteiger partial charge is 0.481 e. The van der Waals surface area contributed by atoms with E-state index in [4.69, 9.17) is 21.4 Å². The fourth-order valence-corrected chi connectivity index (χ4v) is 4.16. The number of thiazole rings is 1. The van der Waals surface area contributed by atoms with Crippen molar-refractivity contribution in [2.75, 3.05) is 4.90 Å². The van der Waals surface area contributed by atoms with Gasteiger partial charge in [0.2, 0.25) is 0 Å². The third-order valence-electron chi connectivity index (χ3n) is 4.11. The highest BCUT2D eigenvalue weighted by molar-refractivity contribution is 7.18. The fraction of sp³-hybridized carbons (Fsp3) is 0.167. The Morgan fingerprint density at radius 2 is 2.11 bits per heavy atom. The first kappa shape index (κ1) is 17.7. The van der Waals surface area contributed by atoms with E-state index in [1.54, 1.807) is 24.3 Å². The maximum atomic E-state index is 14.0. The molecule has 1 aliphatic heterocycles. The molecule has 0 saturated carbocycles. The molecule has 1 N–H and O–H groups in total. The molecule has 1 aliphatic rings. The number of nitrogens with zero attached hydrogens (tertiary/aromatic N) is 2. The highest BCUT2D eigenvalue weighted by Crippen LogP contribution is 2.37. The Labute approximate surface area is 161 Å². The van der Waals surface area contributed by atoms with Crippen LogP contribution in [0.15, 0.2) is 36.4 Å². The average molecular weight is 407 g/mol. The van der Waals surface area contributed by atoms with Crippen molar-refractivity contribution in [3.63, 3.8) is 0 Å². The Morgan fingerprint density at radius 3 is 2.85 bits per heavy atom. The van der Waals surface area contributed by atoms with Crippen LogP contribution in [0.3, 0.4) is 0 Å². The molecule has 3 aromatic rings. The van der Waals surface area contributed by atoms with E-state index in [1.165, 1.54) is 17.0 Å². The van der Waals surface area contributed by atoms with Gasteiger partial charge in [-0.15, -0.1) is 11.3 Å². The monoisotopic (exact) mass is 406 g/mol. The van der Waals surface area contributed by atoms with Gasteiger partial charge >= 0.3 is 5.97 Å². The number of anilines is 1. The maximum absolute atomic E-state index is 14.0. The summed E-state index contributed by atoms with van der Waals surface area (Å²) in [5.41, 5.74) is 0.850.